The normalized spacial score (nSPS) is 13.8. The molecular formula is C43H51N8O5P. The zero-order valence-electron chi connectivity index (χ0n) is 33.1. The van der Waals surface area contributed by atoms with Crippen molar-refractivity contribution in [2.45, 2.75) is 26.9 Å². The number of nitrogens with zero attached hydrogens (tertiary/aromatic N) is 3. The van der Waals surface area contributed by atoms with Crippen molar-refractivity contribution in [1.82, 2.24) is 20.2 Å². The molecule has 0 saturated carbocycles. The second-order valence-corrected chi connectivity index (χ2v) is 18.8. The zero-order valence-corrected chi connectivity index (χ0v) is 34.0. The molecule has 57 heavy (non-hydrogen) atoms. The van der Waals surface area contributed by atoms with E-state index in [0.717, 1.165) is 60.6 Å². The Hall–Kier alpha value is -5.75. The van der Waals surface area contributed by atoms with Gasteiger partial charge in [-0.05, 0) is 55.3 Å². The van der Waals surface area contributed by atoms with Crippen molar-refractivity contribution in [2.24, 2.45) is 5.41 Å². The summed E-state index contributed by atoms with van der Waals surface area (Å²) in [6, 6.07) is 27.5. The Labute approximate surface area is 334 Å². The zero-order chi connectivity index (χ0) is 40.4. The molecule has 298 valence electrons. The van der Waals surface area contributed by atoms with Crippen LogP contribution in [0.15, 0.2) is 109 Å². The molecular weight excluding hydrogens is 739 g/mol. The highest BCUT2D eigenvalue weighted by Crippen LogP contribution is 2.40. The van der Waals surface area contributed by atoms with Crippen LogP contribution in [0.25, 0.3) is 10.8 Å². The molecule has 0 spiro atoms. The molecule has 14 heteroatoms. The summed E-state index contributed by atoms with van der Waals surface area (Å²) in [7, 11) is -2.30. The first-order chi connectivity index (χ1) is 27.3. The minimum Gasteiger partial charge on any atom is -0.492 e. The lowest BCUT2D eigenvalue weighted by atomic mass is 9.90. The number of benzene rings is 4. The molecule has 2 amide bonds. The predicted octanol–water partition coefficient (Wildman–Crippen LogP) is 9.14. The van der Waals surface area contributed by atoms with E-state index in [9.17, 15) is 9.36 Å². The van der Waals surface area contributed by atoms with E-state index in [1.807, 2.05) is 93.6 Å². The first-order valence-corrected chi connectivity index (χ1v) is 21.7. The lowest BCUT2D eigenvalue weighted by Crippen LogP contribution is -2.38. The number of anilines is 4. The SMILES string of the molecule is CC(C)(C)C(=N)/C=C(/NC(=O)Nc1ccc(Oc2ccnc(Nc3cccc(OCCN4CCOCC4)c3)n2)c2ccccc12)Nc1cccc(CP(C)(C)=O)c1. The number of urea groups is 1. The summed E-state index contributed by atoms with van der Waals surface area (Å²) in [5.41, 5.74) is 2.80. The van der Waals surface area contributed by atoms with Gasteiger partial charge in [0, 0.05) is 83.5 Å². The Morgan fingerprint density at radius 1 is 0.930 bits per heavy atom. The molecule has 5 N–H and O–H groups in total. The van der Waals surface area contributed by atoms with E-state index in [1.165, 1.54) is 0 Å². The molecule has 0 radical (unpaired) electrons. The summed E-state index contributed by atoms with van der Waals surface area (Å²) in [4.78, 5) is 24.9. The molecule has 1 fully saturated rings. The lowest BCUT2D eigenvalue weighted by molar-refractivity contribution is 0.0322. The number of amides is 2. The van der Waals surface area contributed by atoms with E-state index in [1.54, 1.807) is 43.8 Å². The van der Waals surface area contributed by atoms with Gasteiger partial charge >= 0.3 is 6.03 Å². The van der Waals surface area contributed by atoms with Gasteiger partial charge in [-0.1, -0.05) is 63.2 Å². The highest BCUT2D eigenvalue weighted by molar-refractivity contribution is 7.61. The van der Waals surface area contributed by atoms with Gasteiger partial charge in [0.05, 0.1) is 26.0 Å². The van der Waals surface area contributed by atoms with Crippen LogP contribution in [-0.4, -0.2) is 79.4 Å². The van der Waals surface area contributed by atoms with Gasteiger partial charge < -0.3 is 40.1 Å². The van der Waals surface area contributed by atoms with Crippen molar-refractivity contribution < 1.29 is 23.6 Å². The van der Waals surface area contributed by atoms with Gasteiger partial charge in [0.25, 0.3) is 0 Å². The molecule has 1 aliphatic rings. The third kappa shape index (κ3) is 12.4. The largest absolute Gasteiger partial charge is 0.492 e. The van der Waals surface area contributed by atoms with Crippen LogP contribution in [0.1, 0.15) is 26.3 Å². The maximum atomic E-state index is 13.6. The van der Waals surface area contributed by atoms with Gasteiger partial charge in [0.15, 0.2) is 0 Å². The van der Waals surface area contributed by atoms with Gasteiger partial charge in [0.2, 0.25) is 11.8 Å². The van der Waals surface area contributed by atoms with Gasteiger partial charge in [-0.3, -0.25) is 10.2 Å². The molecule has 4 aromatic carbocycles. The monoisotopic (exact) mass is 790 g/mol. The van der Waals surface area contributed by atoms with Gasteiger partial charge in [0.1, 0.15) is 23.9 Å². The fourth-order valence-corrected chi connectivity index (χ4v) is 7.11. The molecule has 2 heterocycles. The number of carbonyl (C=O) groups excluding carboxylic acids is 1. The smallest absolute Gasteiger partial charge is 0.324 e. The number of ether oxygens (including phenoxy) is 3. The van der Waals surface area contributed by atoms with Crippen molar-refractivity contribution >= 4 is 52.7 Å². The van der Waals surface area contributed by atoms with Crippen molar-refractivity contribution in [3.8, 4) is 17.4 Å². The minimum atomic E-state index is -2.30. The number of morpholine rings is 1. The first kappa shape index (κ1) is 40.9. The number of aromatic nitrogens is 2. The quantitative estimate of drug-likeness (QED) is 0.0511. The number of nitrogens with one attached hydrogen (secondary N) is 5. The number of rotatable bonds is 15. The van der Waals surface area contributed by atoms with Crippen LogP contribution in [0.2, 0.25) is 0 Å². The van der Waals surface area contributed by atoms with Crippen LogP contribution in [-0.2, 0) is 15.5 Å². The molecule has 13 nitrogen and oxygen atoms in total. The summed E-state index contributed by atoms with van der Waals surface area (Å²) < 4.78 is 30.2. The third-order valence-electron chi connectivity index (χ3n) is 8.96. The number of hydrogen-bond acceptors (Lipinski definition) is 11. The topological polar surface area (TPSA) is 163 Å². The van der Waals surface area contributed by atoms with E-state index in [4.69, 9.17) is 19.6 Å². The molecule has 5 aromatic rings. The van der Waals surface area contributed by atoms with Gasteiger partial charge in [-0.25, -0.2) is 9.78 Å². The standard InChI is InChI=1S/C43H51N8O5P/c1-43(2,3)38(44)28-39(46-31-11-8-10-30(26-31)29-57(4,5)53)49-42(52)48-36-16-17-37(35-15-7-6-14-34(35)36)56-40-18-19-45-41(50-40)47-32-12-9-13-33(27-32)55-25-22-51-20-23-54-24-21-51/h6-19,26-28,44,46H,20-25,29H2,1-5H3,(H,45,47,50)(H2,48,49,52)/b39-28+,44-38?. The van der Waals surface area contributed by atoms with Crippen LogP contribution in [0.5, 0.6) is 17.4 Å². The van der Waals surface area contributed by atoms with E-state index in [0.29, 0.717) is 53.3 Å². The fourth-order valence-electron chi connectivity index (χ4n) is 6.03. The van der Waals surface area contributed by atoms with Gasteiger partial charge in [-0.15, -0.1) is 0 Å². The van der Waals surface area contributed by atoms with Crippen LogP contribution >= 0.6 is 7.14 Å². The molecule has 1 aliphatic heterocycles. The first-order valence-electron chi connectivity index (χ1n) is 18.9. The molecule has 1 saturated heterocycles. The van der Waals surface area contributed by atoms with E-state index in [-0.39, 0.29) is 0 Å². The number of fused-ring (bicyclic) bond motifs is 1. The maximum absolute atomic E-state index is 13.6. The van der Waals surface area contributed by atoms with E-state index >= 15 is 0 Å². The highest BCUT2D eigenvalue weighted by atomic mass is 31.2. The predicted molar refractivity (Wildman–Crippen MR) is 229 cm³/mol. The van der Waals surface area contributed by atoms with Crippen molar-refractivity contribution in [1.29, 1.82) is 5.41 Å². The number of carbonyl (C=O) groups is 1. The molecule has 0 atom stereocenters. The molecule has 0 unspecified atom stereocenters. The van der Waals surface area contributed by atoms with Crippen molar-refractivity contribution in [2.75, 3.05) is 68.7 Å². The molecule has 6 rings (SSSR count). The summed E-state index contributed by atoms with van der Waals surface area (Å²) in [5.74, 6) is 2.30. The molecule has 0 aliphatic carbocycles. The average molecular weight is 791 g/mol. The van der Waals surface area contributed by atoms with E-state index < -0.39 is 18.6 Å². The Kier molecular flexibility index (Phi) is 13.2. The summed E-state index contributed by atoms with van der Waals surface area (Å²) in [5, 5.41) is 22.5. The van der Waals surface area contributed by atoms with Crippen molar-refractivity contribution in [3.63, 3.8) is 0 Å². The number of allylic oxidation sites excluding steroid dienone is 1. The summed E-state index contributed by atoms with van der Waals surface area (Å²) >= 11 is 0. The average Bonchev–Trinajstić information content (AvgIpc) is 3.16. The Morgan fingerprint density at radius 2 is 1.68 bits per heavy atom. The van der Waals surface area contributed by atoms with Crippen LogP contribution in [0, 0.1) is 10.8 Å². The minimum absolute atomic E-state index is 0.320. The third-order valence-corrected chi connectivity index (χ3v) is 10.1. The number of hydrogen-bond donors (Lipinski definition) is 5. The van der Waals surface area contributed by atoms with Crippen LogP contribution in [0.3, 0.4) is 0 Å². The Bertz CT molecular complexity index is 2280. The molecule has 0 bridgehead atoms. The second kappa shape index (κ2) is 18.5. The second-order valence-electron chi connectivity index (χ2n) is 15.3. The van der Waals surface area contributed by atoms with Crippen molar-refractivity contribution in [3.05, 3.63) is 115 Å². The summed E-state index contributed by atoms with van der Waals surface area (Å²) in [6.45, 7) is 14.1. The maximum Gasteiger partial charge on any atom is 0.324 e. The Balaban J connectivity index is 1.13. The fraction of sp³-hybridized carbons (Fsp3) is 0.302. The lowest BCUT2D eigenvalue weighted by Gasteiger charge is -2.26. The Morgan fingerprint density at radius 3 is 2.46 bits per heavy atom. The van der Waals surface area contributed by atoms with Gasteiger partial charge in [-0.2, -0.15) is 4.98 Å². The summed E-state index contributed by atoms with van der Waals surface area (Å²) in [6.07, 6.45) is 3.68. The molecule has 1 aromatic heterocycles. The van der Waals surface area contributed by atoms with Crippen LogP contribution in [0.4, 0.5) is 27.8 Å². The highest BCUT2D eigenvalue weighted by Gasteiger charge is 2.18. The van der Waals surface area contributed by atoms with Crippen LogP contribution < -0.4 is 30.7 Å². The van der Waals surface area contributed by atoms with E-state index in [2.05, 4.69) is 36.1 Å².